The van der Waals surface area contributed by atoms with Crippen molar-refractivity contribution in [2.45, 2.75) is 38.9 Å². The first-order valence-corrected chi connectivity index (χ1v) is 6.93. The van der Waals surface area contributed by atoms with Crippen LogP contribution >= 0.6 is 11.6 Å². The van der Waals surface area contributed by atoms with E-state index in [9.17, 15) is 0 Å². The molecule has 1 aromatic carbocycles. The van der Waals surface area contributed by atoms with Crippen LogP contribution in [0, 0.1) is 0 Å². The van der Waals surface area contributed by atoms with Crippen LogP contribution in [0.5, 0.6) is 0 Å². The molecule has 0 atom stereocenters. The molecule has 0 radical (unpaired) electrons. The maximum Gasteiger partial charge on any atom is 0.496 e. The van der Waals surface area contributed by atoms with E-state index in [1.165, 1.54) is 0 Å². The van der Waals surface area contributed by atoms with Crippen molar-refractivity contribution in [2.75, 3.05) is 12.8 Å². The lowest BCUT2D eigenvalue weighted by molar-refractivity contribution is 0.00578. The summed E-state index contributed by atoms with van der Waals surface area (Å²) in [4.78, 5) is 3.96. The molecule has 1 heterocycles. The van der Waals surface area contributed by atoms with E-state index in [1.54, 1.807) is 13.3 Å². The van der Waals surface area contributed by atoms with Gasteiger partial charge in [0, 0.05) is 24.3 Å². The van der Waals surface area contributed by atoms with Crippen LogP contribution in [-0.4, -0.2) is 31.6 Å². The Morgan fingerprint density at radius 2 is 1.75 bits per heavy atom. The Bertz CT molecular complexity index is 542. The minimum atomic E-state index is -0.512. The van der Waals surface area contributed by atoms with E-state index in [0.717, 1.165) is 11.0 Å². The summed E-state index contributed by atoms with van der Waals surface area (Å²) in [5.74, 6) is 0. The average Bonchev–Trinajstić information content (AvgIpc) is 2.55. The Morgan fingerprint density at radius 1 is 1.20 bits per heavy atom. The van der Waals surface area contributed by atoms with Crippen LogP contribution in [0.2, 0.25) is 5.02 Å². The van der Waals surface area contributed by atoms with Gasteiger partial charge < -0.3 is 15.0 Å². The number of nitrogen functional groups attached to an aromatic ring is 1. The first-order chi connectivity index (χ1) is 9.19. The molecule has 1 aromatic rings. The molecule has 108 valence electrons. The van der Waals surface area contributed by atoms with Gasteiger partial charge in [0.2, 0.25) is 0 Å². The van der Waals surface area contributed by atoms with Gasteiger partial charge in [0.1, 0.15) is 0 Å². The van der Waals surface area contributed by atoms with Crippen LogP contribution in [0.4, 0.5) is 5.69 Å². The van der Waals surface area contributed by atoms with Crippen LogP contribution in [0.3, 0.4) is 0 Å². The van der Waals surface area contributed by atoms with E-state index in [-0.39, 0.29) is 0 Å². The molecule has 0 spiro atoms. The van der Waals surface area contributed by atoms with Gasteiger partial charge in [-0.25, -0.2) is 0 Å². The number of rotatable bonds is 2. The predicted molar refractivity (Wildman–Crippen MR) is 85.1 cm³/mol. The van der Waals surface area contributed by atoms with Gasteiger partial charge in [-0.3, -0.25) is 4.99 Å². The highest BCUT2D eigenvalue weighted by Gasteiger charge is 2.52. The third-order valence-corrected chi connectivity index (χ3v) is 4.44. The third-order valence-electron chi connectivity index (χ3n) is 4.02. The van der Waals surface area contributed by atoms with Crippen molar-refractivity contribution < 1.29 is 9.31 Å². The smallest absolute Gasteiger partial charge is 0.399 e. The highest BCUT2D eigenvalue weighted by atomic mass is 35.5. The van der Waals surface area contributed by atoms with E-state index in [2.05, 4.69) is 4.99 Å². The van der Waals surface area contributed by atoms with Gasteiger partial charge in [-0.15, -0.1) is 0 Å². The lowest BCUT2D eigenvalue weighted by Gasteiger charge is -2.32. The molecule has 0 amide bonds. The molecule has 6 heteroatoms. The van der Waals surface area contributed by atoms with Gasteiger partial charge >= 0.3 is 7.12 Å². The van der Waals surface area contributed by atoms with Gasteiger partial charge in [-0.2, -0.15) is 0 Å². The SMILES string of the molecule is CN=Cc1ccc(B2OC(C)(C)C(C)(C)O2)c(Cl)c1N. The van der Waals surface area contributed by atoms with Gasteiger partial charge in [-0.05, 0) is 27.7 Å². The number of nitrogens with zero attached hydrogens (tertiary/aromatic N) is 1. The Labute approximate surface area is 125 Å². The van der Waals surface area contributed by atoms with E-state index >= 15 is 0 Å². The lowest BCUT2D eigenvalue weighted by atomic mass is 9.78. The van der Waals surface area contributed by atoms with Crippen LogP contribution in [-0.2, 0) is 9.31 Å². The minimum absolute atomic E-state index is 0.403. The molecule has 1 aliphatic heterocycles. The summed E-state index contributed by atoms with van der Waals surface area (Å²) in [6.07, 6.45) is 1.68. The number of benzene rings is 1. The summed E-state index contributed by atoms with van der Waals surface area (Å²) in [6.45, 7) is 8.01. The molecule has 1 aliphatic rings. The standard InChI is InChI=1S/C14H20BClN2O2/c1-13(2)14(3,4)20-15(19-13)10-7-6-9(8-18-5)12(17)11(10)16/h6-8H,17H2,1-5H3. The summed E-state index contributed by atoms with van der Waals surface area (Å²) in [5.41, 5.74) is 7.26. The molecule has 2 rings (SSSR count). The Hall–Kier alpha value is -1.04. The van der Waals surface area contributed by atoms with Crippen LogP contribution in [0.25, 0.3) is 0 Å². The summed E-state index contributed by atoms with van der Waals surface area (Å²) in [7, 11) is 1.18. The molecule has 1 saturated heterocycles. The molecule has 4 nitrogen and oxygen atoms in total. The van der Waals surface area contributed by atoms with Crippen molar-refractivity contribution in [3.8, 4) is 0 Å². The van der Waals surface area contributed by atoms with E-state index in [0.29, 0.717) is 10.7 Å². The van der Waals surface area contributed by atoms with Crippen LogP contribution in [0.1, 0.15) is 33.3 Å². The number of aliphatic imine (C=N–C) groups is 1. The second-order valence-electron chi connectivity index (χ2n) is 5.95. The molecule has 0 bridgehead atoms. The summed E-state index contributed by atoms with van der Waals surface area (Å²) >= 11 is 6.35. The third kappa shape index (κ3) is 2.46. The maximum absolute atomic E-state index is 6.35. The van der Waals surface area contributed by atoms with Gasteiger partial charge in [-0.1, -0.05) is 23.7 Å². The molecule has 20 heavy (non-hydrogen) atoms. The van der Waals surface area contributed by atoms with Crippen molar-refractivity contribution in [2.24, 2.45) is 4.99 Å². The predicted octanol–water partition coefficient (Wildman–Crippen LogP) is 2.27. The molecule has 0 aliphatic carbocycles. The van der Waals surface area contributed by atoms with E-state index in [4.69, 9.17) is 26.6 Å². The number of halogens is 1. The second kappa shape index (κ2) is 5.06. The summed E-state index contributed by atoms with van der Waals surface area (Å²) < 4.78 is 12.0. The fourth-order valence-electron chi connectivity index (χ4n) is 2.03. The number of hydrogen-bond acceptors (Lipinski definition) is 4. The number of hydrogen-bond donors (Lipinski definition) is 1. The first kappa shape index (κ1) is 15.4. The molecule has 2 N–H and O–H groups in total. The quantitative estimate of drug-likeness (QED) is 0.517. The molecule has 1 fully saturated rings. The van der Waals surface area contributed by atoms with Crippen molar-refractivity contribution in [3.05, 3.63) is 22.7 Å². The molecular formula is C14H20BClN2O2. The van der Waals surface area contributed by atoms with Gasteiger partial charge in [0.25, 0.3) is 0 Å². The zero-order valence-corrected chi connectivity index (χ0v) is 13.3. The molecule has 0 aromatic heterocycles. The van der Waals surface area contributed by atoms with Crippen LogP contribution < -0.4 is 11.2 Å². The minimum Gasteiger partial charge on any atom is -0.399 e. The second-order valence-corrected chi connectivity index (χ2v) is 6.33. The summed E-state index contributed by atoms with van der Waals surface area (Å²) in [5, 5.41) is 0.459. The number of anilines is 1. The fraction of sp³-hybridized carbons (Fsp3) is 0.500. The maximum atomic E-state index is 6.35. The zero-order chi connectivity index (χ0) is 15.1. The van der Waals surface area contributed by atoms with Gasteiger partial charge in [0.15, 0.2) is 0 Å². The first-order valence-electron chi connectivity index (χ1n) is 6.55. The van der Waals surface area contributed by atoms with Crippen molar-refractivity contribution in [3.63, 3.8) is 0 Å². The van der Waals surface area contributed by atoms with Crippen molar-refractivity contribution >= 4 is 36.1 Å². The largest absolute Gasteiger partial charge is 0.496 e. The Kier molecular flexibility index (Phi) is 3.89. The fourth-order valence-corrected chi connectivity index (χ4v) is 2.29. The lowest BCUT2D eigenvalue weighted by Crippen LogP contribution is -2.41. The highest BCUT2D eigenvalue weighted by Crippen LogP contribution is 2.37. The monoisotopic (exact) mass is 294 g/mol. The average molecular weight is 295 g/mol. The zero-order valence-electron chi connectivity index (χ0n) is 12.5. The summed E-state index contributed by atoms with van der Waals surface area (Å²) in [6, 6.07) is 3.74. The van der Waals surface area contributed by atoms with E-state index in [1.807, 2.05) is 39.8 Å². The van der Waals surface area contributed by atoms with Crippen LogP contribution in [0.15, 0.2) is 17.1 Å². The van der Waals surface area contributed by atoms with Crippen molar-refractivity contribution in [1.29, 1.82) is 0 Å². The Balaban J connectivity index is 2.39. The molecule has 0 unspecified atom stereocenters. The van der Waals surface area contributed by atoms with Gasteiger partial charge in [0.05, 0.1) is 21.9 Å². The van der Waals surface area contributed by atoms with E-state index < -0.39 is 18.3 Å². The normalized spacial score (nSPS) is 20.8. The van der Waals surface area contributed by atoms with Crippen molar-refractivity contribution in [1.82, 2.24) is 0 Å². The highest BCUT2D eigenvalue weighted by molar-refractivity contribution is 6.66. The molecular weight excluding hydrogens is 274 g/mol. The number of nitrogens with two attached hydrogens (primary N) is 1. The Morgan fingerprint density at radius 3 is 2.25 bits per heavy atom. The topological polar surface area (TPSA) is 56.8 Å². The molecule has 0 saturated carbocycles.